The van der Waals surface area contributed by atoms with Crippen molar-refractivity contribution in [2.24, 2.45) is 5.92 Å². The number of amides is 1. The van der Waals surface area contributed by atoms with Crippen molar-refractivity contribution in [1.82, 2.24) is 4.90 Å². The van der Waals surface area contributed by atoms with Crippen LogP contribution >= 0.6 is 0 Å². The van der Waals surface area contributed by atoms with E-state index in [1.54, 1.807) is 0 Å². The van der Waals surface area contributed by atoms with Crippen LogP contribution in [0.5, 0.6) is 5.75 Å². The predicted molar refractivity (Wildman–Crippen MR) is 80.2 cm³/mol. The zero-order valence-electron chi connectivity index (χ0n) is 12.5. The number of rotatable bonds is 4. The molecule has 1 aromatic carbocycles. The van der Waals surface area contributed by atoms with Crippen molar-refractivity contribution in [3.05, 3.63) is 29.8 Å². The zero-order valence-corrected chi connectivity index (χ0v) is 12.5. The topological polar surface area (TPSA) is 49.8 Å². The van der Waals surface area contributed by atoms with E-state index in [4.69, 9.17) is 4.74 Å². The highest BCUT2D eigenvalue weighted by atomic mass is 16.5. The van der Waals surface area contributed by atoms with Crippen LogP contribution in [0.3, 0.4) is 0 Å². The SMILES string of the molecule is Cc1ccc(OC[C@@]2(O)CCCN(C(=O)C3CC3)C2)cc1. The quantitative estimate of drug-likeness (QED) is 0.924. The Morgan fingerprint density at radius 2 is 2.10 bits per heavy atom. The number of ether oxygens (including phenoxy) is 1. The summed E-state index contributed by atoms with van der Waals surface area (Å²) < 4.78 is 5.72. The standard InChI is InChI=1S/C17H23NO3/c1-13-3-7-15(8-4-13)21-12-17(20)9-2-10-18(11-17)16(19)14-5-6-14/h3-4,7-8,14,20H,2,5-6,9-12H2,1H3/t17-/m1/s1. The summed E-state index contributed by atoms with van der Waals surface area (Å²) >= 11 is 0. The lowest BCUT2D eigenvalue weighted by Gasteiger charge is -2.39. The number of hydrogen-bond donors (Lipinski definition) is 1. The van der Waals surface area contributed by atoms with E-state index in [0.717, 1.165) is 31.6 Å². The van der Waals surface area contributed by atoms with Crippen molar-refractivity contribution in [1.29, 1.82) is 0 Å². The van der Waals surface area contributed by atoms with Gasteiger partial charge >= 0.3 is 0 Å². The number of nitrogens with zero attached hydrogens (tertiary/aromatic N) is 1. The summed E-state index contributed by atoms with van der Waals surface area (Å²) in [4.78, 5) is 14.0. The molecule has 2 fully saturated rings. The minimum Gasteiger partial charge on any atom is -0.491 e. The molecular formula is C17H23NO3. The lowest BCUT2D eigenvalue weighted by Crippen LogP contribution is -2.53. The lowest BCUT2D eigenvalue weighted by molar-refractivity contribution is -0.141. The largest absolute Gasteiger partial charge is 0.491 e. The third kappa shape index (κ3) is 3.56. The Morgan fingerprint density at radius 1 is 1.38 bits per heavy atom. The molecule has 2 aliphatic rings. The first-order chi connectivity index (χ1) is 10.1. The molecular weight excluding hydrogens is 266 g/mol. The molecule has 1 atom stereocenters. The molecule has 0 unspecified atom stereocenters. The molecule has 4 nitrogen and oxygen atoms in total. The third-order valence-corrected chi connectivity index (χ3v) is 4.32. The van der Waals surface area contributed by atoms with Gasteiger partial charge in [-0.3, -0.25) is 4.79 Å². The molecule has 114 valence electrons. The van der Waals surface area contributed by atoms with Gasteiger partial charge in [0.2, 0.25) is 5.91 Å². The number of aliphatic hydroxyl groups is 1. The van der Waals surface area contributed by atoms with Crippen LogP contribution in [0.15, 0.2) is 24.3 Å². The first-order valence-corrected chi connectivity index (χ1v) is 7.76. The molecule has 1 aromatic rings. The Balaban J connectivity index is 1.57. The molecule has 0 spiro atoms. The highest BCUT2D eigenvalue weighted by molar-refractivity contribution is 5.81. The molecule has 1 heterocycles. The van der Waals surface area contributed by atoms with Crippen LogP contribution in [-0.2, 0) is 4.79 Å². The monoisotopic (exact) mass is 289 g/mol. The number of aryl methyl sites for hydroxylation is 1. The van der Waals surface area contributed by atoms with Gasteiger partial charge in [-0.05, 0) is 44.7 Å². The van der Waals surface area contributed by atoms with Crippen molar-refractivity contribution in [3.63, 3.8) is 0 Å². The van der Waals surface area contributed by atoms with Gasteiger partial charge in [0.05, 0.1) is 6.54 Å². The molecule has 4 heteroatoms. The van der Waals surface area contributed by atoms with Gasteiger partial charge in [0, 0.05) is 12.5 Å². The first kappa shape index (κ1) is 14.4. The Bertz CT molecular complexity index is 509. The fraction of sp³-hybridized carbons (Fsp3) is 0.588. The Hall–Kier alpha value is -1.55. The van der Waals surface area contributed by atoms with E-state index in [9.17, 15) is 9.90 Å². The Kier molecular flexibility index (Phi) is 3.89. The van der Waals surface area contributed by atoms with Gasteiger partial charge in [0.1, 0.15) is 18.0 Å². The fourth-order valence-electron chi connectivity index (χ4n) is 2.86. The average molecular weight is 289 g/mol. The van der Waals surface area contributed by atoms with Crippen molar-refractivity contribution in [2.75, 3.05) is 19.7 Å². The maximum absolute atomic E-state index is 12.1. The average Bonchev–Trinajstić information content (AvgIpc) is 3.31. The van der Waals surface area contributed by atoms with Crippen LogP contribution in [0.2, 0.25) is 0 Å². The number of hydrogen-bond acceptors (Lipinski definition) is 3. The molecule has 21 heavy (non-hydrogen) atoms. The summed E-state index contributed by atoms with van der Waals surface area (Å²) in [5, 5.41) is 10.7. The minimum absolute atomic E-state index is 0.212. The van der Waals surface area contributed by atoms with E-state index in [1.165, 1.54) is 5.56 Å². The zero-order chi connectivity index (χ0) is 14.9. The summed E-state index contributed by atoms with van der Waals surface area (Å²) in [5.41, 5.74) is 0.258. The summed E-state index contributed by atoms with van der Waals surface area (Å²) in [7, 11) is 0. The van der Waals surface area contributed by atoms with Crippen LogP contribution < -0.4 is 4.74 Å². The number of carbonyl (C=O) groups excluding carboxylic acids is 1. The molecule has 1 aliphatic heterocycles. The molecule has 0 aromatic heterocycles. The maximum atomic E-state index is 12.1. The van der Waals surface area contributed by atoms with Gasteiger partial charge < -0.3 is 14.7 Å². The molecule has 1 saturated carbocycles. The molecule has 1 amide bonds. The first-order valence-electron chi connectivity index (χ1n) is 7.76. The molecule has 3 rings (SSSR count). The predicted octanol–water partition coefficient (Wildman–Crippen LogP) is 2.14. The van der Waals surface area contributed by atoms with Crippen LogP contribution in [0.1, 0.15) is 31.2 Å². The number of benzene rings is 1. The summed E-state index contributed by atoms with van der Waals surface area (Å²) in [5.74, 6) is 1.19. The van der Waals surface area contributed by atoms with Crippen LogP contribution in [0.25, 0.3) is 0 Å². The summed E-state index contributed by atoms with van der Waals surface area (Å²) in [6.07, 6.45) is 3.54. The van der Waals surface area contributed by atoms with Gasteiger partial charge in [-0.1, -0.05) is 17.7 Å². The van der Waals surface area contributed by atoms with E-state index in [2.05, 4.69) is 0 Å². The number of piperidine rings is 1. The molecule has 1 aliphatic carbocycles. The van der Waals surface area contributed by atoms with E-state index in [1.807, 2.05) is 36.1 Å². The second-order valence-corrected chi connectivity index (χ2v) is 6.46. The Morgan fingerprint density at radius 3 is 2.76 bits per heavy atom. The van der Waals surface area contributed by atoms with E-state index < -0.39 is 5.60 Å². The van der Waals surface area contributed by atoms with Crippen molar-refractivity contribution < 1.29 is 14.6 Å². The highest BCUT2D eigenvalue weighted by Crippen LogP contribution is 2.33. The van der Waals surface area contributed by atoms with E-state index in [0.29, 0.717) is 13.0 Å². The number of carbonyl (C=O) groups is 1. The third-order valence-electron chi connectivity index (χ3n) is 4.32. The lowest BCUT2D eigenvalue weighted by atomic mass is 9.93. The smallest absolute Gasteiger partial charge is 0.225 e. The molecule has 0 bridgehead atoms. The van der Waals surface area contributed by atoms with Crippen LogP contribution in [-0.4, -0.2) is 41.2 Å². The Labute approximate surface area is 125 Å². The van der Waals surface area contributed by atoms with Gasteiger partial charge in [0.15, 0.2) is 0 Å². The van der Waals surface area contributed by atoms with Crippen LogP contribution in [0, 0.1) is 12.8 Å². The highest BCUT2D eigenvalue weighted by Gasteiger charge is 2.40. The van der Waals surface area contributed by atoms with Gasteiger partial charge in [-0.15, -0.1) is 0 Å². The van der Waals surface area contributed by atoms with E-state index >= 15 is 0 Å². The normalized spacial score (nSPS) is 25.7. The van der Waals surface area contributed by atoms with Gasteiger partial charge in [-0.2, -0.15) is 0 Å². The fourth-order valence-corrected chi connectivity index (χ4v) is 2.86. The second kappa shape index (κ2) is 5.68. The van der Waals surface area contributed by atoms with Gasteiger partial charge in [-0.25, -0.2) is 0 Å². The van der Waals surface area contributed by atoms with Crippen molar-refractivity contribution >= 4 is 5.91 Å². The summed E-state index contributed by atoms with van der Waals surface area (Å²) in [6.45, 7) is 3.43. The second-order valence-electron chi connectivity index (χ2n) is 6.46. The van der Waals surface area contributed by atoms with E-state index in [-0.39, 0.29) is 18.4 Å². The van der Waals surface area contributed by atoms with Crippen LogP contribution in [0.4, 0.5) is 0 Å². The van der Waals surface area contributed by atoms with Crippen molar-refractivity contribution in [2.45, 2.75) is 38.2 Å². The molecule has 1 N–H and O–H groups in total. The summed E-state index contributed by atoms with van der Waals surface area (Å²) in [6, 6.07) is 7.80. The van der Waals surface area contributed by atoms with Crippen molar-refractivity contribution in [3.8, 4) is 5.75 Å². The number of β-amino-alcohol motifs (C(OH)–C–C–N with tert-alkyl or cyclic N) is 1. The minimum atomic E-state index is -0.923. The maximum Gasteiger partial charge on any atom is 0.225 e. The van der Waals surface area contributed by atoms with Gasteiger partial charge in [0.25, 0.3) is 0 Å². The molecule has 1 saturated heterocycles. The molecule has 0 radical (unpaired) electrons. The number of likely N-dealkylation sites (tertiary alicyclic amines) is 1.